The lowest BCUT2D eigenvalue weighted by molar-refractivity contribution is -0.141. The number of rotatable bonds is 2. The normalized spacial score (nSPS) is 18.4. The number of fused-ring (bicyclic) bond motifs is 1. The molecule has 1 atom stereocenters. The lowest BCUT2D eigenvalue weighted by Gasteiger charge is -2.24. The number of nitrogens with two attached hydrogens (primary N) is 1. The molecule has 1 aliphatic rings. The zero-order chi connectivity index (χ0) is 14.1. The molecule has 1 aliphatic heterocycles. The van der Waals surface area contributed by atoms with Crippen molar-refractivity contribution in [1.82, 2.24) is 4.98 Å². The maximum atomic E-state index is 11.9. The molecule has 2 aromatic rings. The average Bonchev–Trinajstić information content (AvgIpc) is 2.95. The van der Waals surface area contributed by atoms with Crippen LogP contribution in [-0.2, 0) is 9.53 Å². The van der Waals surface area contributed by atoms with Gasteiger partial charge in [0.15, 0.2) is 0 Å². The van der Waals surface area contributed by atoms with Gasteiger partial charge < -0.3 is 15.4 Å². The molecule has 1 aromatic carbocycles. The van der Waals surface area contributed by atoms with Gasteiger partial charge in [0, 0.05) is 23.8 Å². The van der Waals surface area contributed by atoms with Crippen LogP contribution in [0.25, 0.3) is 10.8 Å². The monoisotopic (exact) mass is 271 g/mol. The van der Waals surface area contributed by atoms with E-state index in [0.717, 1.165) is 36.0 Å². The SMILES string of the molecule is COC(=O)C1CCCN1c1nccc2ccc(N)cc12. The Hall–Kier alpha value is -2.30. The zero-order valence-corrected chi connectivity index (χ0v) is 11.4. The van der Waals surface area contributed by atoms with Gasteiger partial charge in [0.25, 0.3) is 0 Å². The maximum Gasteiger partial charge on any atom is 0.328 e. The lowest BCUT2D eigenvalue weighted by atomic mass is 10.1. The Labute approximate surface area is 117 Å². The van der Waals surface area contributed by atoms with E-state index in [1.807, 2.05) is 29.2 Å². The highest BCUT2D eigenvalue weighted by Crippen LogP contribution is 2.31. The highest BCUT2D eigenvalue weighted by molar-refractivity contribution is 5.96. The summed E-state index contributed by atoms with van der Waals surface area (Å²) in [6.45, 7) is 0.806. The topological polar surface area (TPSA) is 68.5 Å². The van der Waals surface area contributed by atoms with Gasteiger partial charge in [-0.1, -0.05) is 6.07 Å². The van der Waals surface area contributed by atoms with Crippen LogP contribution in [0.4, 0.5) is 11.5 Å². The molecule has 3 rings (SSSR count). The van der Waals surface area contributed by atoms with E-state index in [0.29, 0.717) is 5.69 Å². The van der Waals surface area contributed by atoms with E-state index in [-0.39, 0.29) is 12.0 Å². The van der Waals surface area contributed by atoms with Crippen LogP contribution < -0.4 is 10.6 Å². The van der Waals surface area contributed by atoms with Crippen LogP contribution in [0.1, 0.15) is 12.8 Å². The molecule has 5 nitrogen and oxygen atoms in total. The molecule has 2 N–H and O–H groups in total. The fourth-order valence-electron chi connectivity index (χ4n) is 2.80. The third-order valence-electron chi connectivity index (χ3n) is 3.77. The van der Waals surface area contributed by atoms with Gasteiger partial charge in [-0.25, -0.2) is 9.78 Å². The number of methoxy groups -OCH3 is 1. The highest BCUT2D eigenvalue weighted by atomic mass is 16.5. The largest absolute Gasteiger partial charge is 0.467 e. The van der Waals surface area contributed by atoms with Crippen molar-refractivity contribution in [2.24, 2.45) is 0 Å². The van der Waals surface area contributed by atoms with E-state index in [2.05, 4.69) is 4.98 Å². The fourth-order valence-corrected chi connectivity index (χ4v) is 2.80. The minimum absolute atomic E-state index is 0.204. The minimum atomic E-state index is -0.250. The molecule has 20 heavy (non-hydrogen) atoms. The van der Waals surface area contributed by atoms with Crippen LogP contribution >= 0.6 is 0 Å². The van der Waals surface area contributed by atoms with Gasteiger partial charge in [0.2, 0.25) is 0 Å². The number of nitrogen functional groups attached to an aromatic ring is 1. The number of ether oxygens (including phenoxy) is 1. The van der Waals surface area contributed by atoms with Gasteiger partial charge in [-0.15, -0.1) is 0 Å². The summed E-state index contributed by atoms with van der Waals surface area (Å²) >= 11 is 0. The van der Waals surface area contributed by atoms with Crippen molar-refractivity contribution >= 4 is 28.2 Å². The molecule has 0 aliphatic carbocycles. The van der Waals surface area contributed by atoms with Crippen molar-refractivity contribution in [2.75, 3.05) is 24.3 Å². The third kappa shape index (κ3) is 2.05. The van der Waals surface area contributed by atoms with Crippen molar-refractivity contribution in [2.45, 2.75) is 18.9 Å². The Balaban J connectivity index is 2.09. The number of carbonyl (C=O) groups is 1. The van der Waals surface area contributed by atoms with E-state index in [9.17, 15) is 4.79 Å². The molecule has 0 bridgehead atoms. The summed E-state index contributed by atoms with van der Waals surface area (Å²) < 4.78 is 4.89. The predicted molar refractivity (Wildman–Crippen MR) is 78.5 cm³/mol. The summed E-state index contributed by atoms with van der Waals surface area (Å²) in [5, 5.41) is 2.04. The quantitative estimate of drug-likeness (QED) is 0.668. The van der Waals surface area contributed by atoms with Crippen molar-refractivity contribution in [3.8, 4) is 0 Å². The highest BCUT2D eigenvalue weighted by Gasteiger charge is 2.33. The Bertz CT molecular complexity index is 657. The second kappa shape index (κ2) is 5.00. The van der Waals surface area contributed by atoms with E-state index in [4.69, 9.17) is 10.5 Å². The first-order valence-corrected chi connectivity index (χ1v) is 6.69. The summed E-state index contributed by atoms with van der Waals surface area (Å²) in [4.78, 5) is 18.4. The number of benzene rings is 1. The van der Waals surface area contributed by atoms with Gasteiger partial charge in [0.1, 0.15) is 11.9 Å². The molecule has 0 saturated carbocycles. The summed E-state index contributed by atoms with van der Waals surface area (Å²) in [5.74, 6) is 0.605. The Morgan fingerprint density at radius 1 is 1.45 bits per heavy atom. The minimum Gasteiger partial charge on any atom is -0.467 e. The van der Waals surface area contributed by atoms with Crippen LogP contribution in [0.2, 0.25) is 0 Å². The Morgan fingerprint density at radius 3 is 3.10 bits per heavy atom. The van der Waals surface area contributed by atoms with Crippen molar-refractivity contribution in [3.05, 3.63) is 30.5 Å². The lowest BCUT2D eigenvalue weighted by Crippen LogP contribution is -2.37. The Morgan fingerprint density at radius 2 is 2.30 bits per heavy atom. The standard InChI is InChI=1S/C15H17N3O2/c1-20-15(19)13-3-2-8-18(13)14-12-9-11(16)5-4-10(12)6-7-17-14/h4-7,9,13H,2-3,8,16H2,1H3. The summed E-state index contributed by atoms with van der Waals surface area (Å²) in [5.41, 5.74) is 6.57. The molecule has 1 aromatic heterocycles. The van der Waals surface area contributed by atoms with Crippen LogP contribution in [0.3, 0.4) is 0 Å². The zero-order valence-electron chi connectivity index (χ0n) is 11.4. The second-order valence-corrected chi connectivity index (χ2v) is 4.99. The van der Waals surface area contributed by atoms with Crippen LogP contribution in [0.15, 0.2) is 30.5 Å². The number of nitrogens with zero attached hydrogens (tertiary/aromatic N) is 2. The molecular weight excluding hydrogens is 254 g/mol. The van der Waals surface area contributed by atoms with Crippen molar-refractivity contribution in [3.63, 3.8) is 0 Å². The molecule has 0 amide bonds. The molecule has 0 radical (unpaired) electrons. The van der Waals surface area contributed by atoms with E-state index < -0.39 is 0 Å². The van der Waals surface area contributed by atoms with Gasteiger partial charge in [-0.05, 0) is 36.4 Å². The van der Waals surface area contributed by atoms with E-state index in [1.165, 1.54) is 7.11 Å². The molecule has 2 heterocycles. The maximum absolute atomic E-state index is 11.9. The molecule has 5 heteroatoms. The van der Waals surface area contributed by atoms with Crippen molar-refractivity contribution < 1.29 is 9.53 Å². The van der Waals surface area contributed by atoms with Crippen LogP contribution in [0.5, 0.6) is 0 Å². The molecule has 0 spiro atoms. The number of esters is 1. The molecule has 1 saturated heterocycles. The van der Waals surface area contributed by atoms with Gasteiger partial charge in [-0.2, -0.15) is 0 Å². The van der Waals surface area contributed by atoms with Crippen LogP contribution in [0, 0.1) is 0 Å². The average molecular weight is 271 g/mol. The molecule has 104 valence electrons. The first-order valence-electron chi connectivity index (χ1n) is 6.69. The van der Waals surface area contributed by atoms with Crippen LogP contribution in [-0.4, -0.2) is 30.6 Å². The molecular formula is C15H17N3O2. The smallest absolute Gasteiger partial charge is 0.328 e. The summed E-state index contributed by atoms with van der Waals surface area (Å²) in [6, 6.07) is 7.44. The Kier molecular flexibility index (Phi) is 3.18. The number of pyridine rings is 1. The van der Waals surface area contributed by atoms with Gasteiger partial charge >= 0.3 is 5.97 Å². The number of anilines is 2. The van der Waals surface area contributed by atoms with Crippen molar-refractivity contribution in [1.29, 1.82) is 0 Å². The van der Waals surface area contributed by atoms with E-state index in [1.54, 1.807) is 6.20 Å². The summed E-state index contributed by atoms with van der Waals surface area (Å²) in [7, 11) is 1.42. The first kappa shape index (κ1) is 12.7. The molecule has 1 fully saturated rings. The second-order valence-electron chi connectivity index (χ2n) is 4.99. The first-order chi connectivity index (χ1) is 9.70. The number of carbonyl (C=O) groups excluding carboxylic acids is 1. The number of hydrogen-bond acceptors (Lipinski definition) is 5. The fraction of sp³-hybridized carbons (Fsp3) is 0.333. The molecule has 1 unspecified atom stereocenters. The third-order valence-corrected chi connectivity index (χ3v) is 3.77. The number of hydrogen-bond donors (Lipinski definition) is 1. The summed E-state index contributed by atoms with van der Waals surface area (Å²) in [6.07, 6.45) is 3.52. The predicted octanol–water partition coefficient (Wildman–Crippen LogP) is 1.96. The van der Waals surface area contributed by atoms with Gasteiger partial charge in [-0.3, -0.25) is 0 Å². The van der Waals surface area contributed by atoms with Gasteiger partial charge in [0.05, 0.1) is 7.11 Å². The number of aromatic nitrogens is 1. The van der Waals surface area contributed by atoms with E-state index >= 15 is 0 Å².